The van der Waals surface area contributed by atoms with Crippen molar-refractivity contribution in [2.75, 3.05) is 24.5 Å². The van der Waals surface area contributed by atoms with Crippen molar-refractivity contribution >= 4 is 23.9 Å². The number of amides is 3. The van der Waals surface area contributed by atoms with Gasteiger partial charge >= 0.3 is 11.8 Å². The quantitative estimate of drug-likeness (QED) is 0.439. The third kappa shape index (κ3) is 5.25. The molecule has 114 valence electrons. The highest BCUT2D eigenvalue weighted by molar-refractivity contribution is 6.40. The van der Waals surface area contributed by atoms with E-state index in [0.717, 1.165) is 5.56 Å². The molecule has 6 heteroatoms. The van der Waals surface area contributed by atoms with Crippen molar-refractivity contribution in [3.8, 4) is 0 Å². The molecule has 1 aromatic rings. The molecule has 0 atom stereocenters. The average molecular weight is 291 g/mol. The Morgan fingerprint density at radius 2 is 2.05 bits per heavy atom. The van der Waals surface area contributed by atoms with Crippen molar-refractivity contribution < 1.29 is 14.4 Å². The highest BCUT2D eigenvalue weighted by atomic mass is 16.2. The van der Waals surface area contributed by atoms with Crippen LogP contribution in [0.3, 0.4) is 0 Å². The minimum atomic E-state index is -0.635. The van der Waals surface area contributed by atoms with Gasteiger partial charge in [-0.2, -0.15) is 0 Å². The number of anilines is 1. The molecule has 21 heavy (non-hydrogen) atoms. The third-order valence-corrected chi connectivity index (χ3v) is 2.94. The van der Waals surface area contributed by atoms with Gasteiger partial charge in [0.25, 0.3) is 0 Å². The van der Waals surface area contributed by atoms with Crippen molar-refractivity contribution in [2.45, 2.75) is 20.3 Å². The molecule has 0 aromatic heterocycles. The zero-order valence-corrected chi connectivity index (χ0v) is 12.4. The molecule has 0 aliphatic rings. The molecule has 0 heterocycles. The number of hydrogen-bond donors (Lipinski definition) is 2. The number of carbonyl (C=O) groups is 3. The van der Waals surface area contributed by atoms with E-state index in [2.05, 4.69) is 10.6 Å². The van der Waals surface area contributed by atoms with Crippen LogP contribution >= 0.6 is 0 Å². The summed E-state index contributed by atoms with van der Waals surface area (Å²) in [6.45, 7) is 4.98. The third-order valence-electron chi connectivity index (χ3n) is 2.94. The first-order valence-corrected chi connectivity index (χ1v) is 6.93. The van der Waals surface area contributed by atoms with Crippen LogP contribution in [-0.4, -0.2) is 37.9 Å². The highest BCUT2D eigenvalue weighted by Crippen LogP contribution is 2.15. The molecule has 0 saturated carbocycles. The van der Waals surface area contributed by atoms with Crippen LogP contribution in [0.4, 0.5) is 5.69 Å². The first-order valence-electron chi connectivity index (χ1n) is 6.93. The molecule has 2 N–H and O–H groups in total. The van der Waals surface area contributed by atoms with E-state index >= 15 is 0 Å². The molecule has 1 aromatic carbocycles. The molecule has 1 rings (SSSR count). The maximum atomic E-state index is 12.1. The van der Waals surface area contributed by atoms with Gasteiger partial charge in [-0.1, -0.05) is 12.1 Å². The Balaban J connectivity index is 2.58. The summed E-state index contributed by atoms with van der Waals surface area (Å²) in [6.07, 6.45) is 1.18. The molecule has 0 bridgehead atoms. The SMILES string of the molecule is CCN(C(=O)C(=O)NCCCNC=O)c1cccc(C)c1. The van der Waals surface area contributed by atoms with Gasteiger partial charge in [-0.05, 0) is 38.0 Å². The Labute approximate surface area is 124 Å². The maximum Gasteiger partial charge on any atom is 0.316 e. The Hall–Kier alpha value is -2.37. The van der Waals surface area contributed by atoms with Crippen LogP contribution in [0.15, 0.2) is 24.3 Å². The second-order valence-corrected chi connectivity index (χ2v) is 4.57. The predicted octanol–water partition coefficient (Wildman–Crippen LogP) is 0.600. The largest absolute Gasteiger partial charge is 0.359 e. The van der Waals surface area contributed by atoms with E-state index in [0.29, 0.717) is 38.2 Å². The molecule has 0 aliphatic carbocycles. The molecule has 0 aliphatic heterocycles. The van der Waals surface area contributed by atoms with Crippen molar-refractivity contribution in [1.29, 1.82) is 0 Å². The standard InChI is InChI=1S/C15H21N3O3/c1-3-18(13-7-4-6-12(2)10-13)15(21)14(20)17-9-5-8-16-11-19/h4,6-7,10-11H,3,5,8-9H2,1-2H3,(H,16,19)(H,17,20). The lowest BCUT2D eigenvalue weighted by atomic mass is 10.2. The lowest BCUT2D eigenvalue weighted by Gasteiger charge is -2.20. The first-order chi connectivity index (χ1) is 10.1. The molecule has 6 nitrogen and oxygen atoms in total. The average Bonchev–Trinajstić information content (AvgIpc) is 2.47. The summed E-state index contributed by atoms with van der Waals surface area (Å²) in [4.78, 5) is 35.5. The molecular formula is C15H21N3O3. The zero-order chi connectivity index (χ0) is 15.7. The summed E-state index contributed by atoms with van der Waals surface area (Å²) in [7, 11) is 0. The van der Waals surface area contributed by atoms with E-state index in [1.54, 1.807) is 6.07 Å². The lowest BCUT2D eigenvalue weighted by Crippen LogP contribution is -2.43. The fourth-order valence-corrected chi connectivity index (χ4v) is 1.89. The topological polar surface area (TPSA) is 78.5 Å². The van der Waals surface area contributed by atoms with Gasteiger partial charge in [0.2, 0.25) is 6.41 Å². The number of rotatable bonds is 7. The maximum absolute atomic E-state index is 12.1. The second kappa shape index (κ2) is 8.73. The number of nitrogens with zero attached hydrogens (tertiary/aromatic N) is 1. The normalized spacial score (nSPS) is 9.81. The zero-order valence-electron chi connectivity index (χ0n) is 12.4. The van der Waals surface area contributed by atoms with Crippen molar-refractivity contribution in [3.05, 3.63) is 29.8 Å². The van der Waals surface area contributed by atoms with E-state index in [4.69, 9.17) is 0 Å². The van der Waals surface area contributed by atoms with Gasteiger partial charge in [0.1, 0.15) is 0 Å². The minimum Gasteiger partial charge on any atom is -0.359 e. The van der Waals surface area contributed by atoms with Gasteiger partial charge in [-0.15, -0.1) is 0 Å². The summed E-state index contributed by atoms with van der Waals surface area (Å²) >= 11 is 0. The van der Waals surface area contributed by atoms with Gasteiger partial charge in [0, 0.05) is 25.3 Å². The van der Waals surface area contributed by atoms with Gasteiger partial charge in [-0.25, -0.2) is 0 Å². The number of benzene rings is 1. The first kappa shape index (κ1) is 16.7. The van der Waals surface area contributed by atoms with E-state index in [-0.39, 0.29) is 0 Å². The van der Waals surface area contributed by atoms with E-state index in [1.807, 2.05) is 32.0 Å². The monoisotopic (exact) mass is 291 g/mol. The Morgan fingerprint density at radius 1 is 1.29 bits per heavy atom. The second-order valence-electron chi connectivity index (χ2n) is 4.57. The fraction of sp³-hybridized carbons (Fsp3) is 0.400. The Morgan fingerprint density at radius 3 is 2.67 bits per heavy atom. The molecule has 0 unspecified atom stereocenters. The highest BCUT2D eigenvalue weighted by Gasteiger charge is 2.21. The van der Waals surface area contributed by atoms with Gasteiger partial charge in [-0.3, -0.25) is 14.4 Å². The molecular weight excluding hydrogens is 270 g/mol. The number of aryl methyl sites for hydroxylation is 1. The van der Waals surface area contributed by atoms with Crippen LogP contribution < -0.4 is 15.5 Å². The molecule has 3 amide bonds. The van der Waals surface area contributed by atoms with Crippen molar-refractivity contribution in [1.82, 2.24) is 10.6 Å². The predicted molar refractivity (Wildman–Crippen MR) is 80.9 cm³/mol. The number of nitrogens with one attached hydrogen (secondary N) is 2. The Kier molecular flexibility index (Phi) is 6.94. The lowest BCUT2D eigenvalue weighted by molar-refractivity contribution is -0.137. The summed E-state index contributed by atoms with van der Waals surface area (Å²) in [5, 5.41) is 5.04. The minimum absolute atomic E-state index is 0.344. The van der Waals surface area contributed by atoms with Crippen LogP contribution in [0.1, 0.15) is 18.9 Å². The van der Waals surface area contributed by atoms with Crippen LogP contribution in [0.2, 0.25) is 0 Å². The number of carbonyl (C=O) groups excluding carboxylic acids is 3. The fourth-order valence-electron chi connectivity index (χ4n) is 1.89. The van der Waals surface area contributed by atoms with Crippen LogP contribution in [0.5, 0.6) is 0 Å². The number of likely N-dealkylation sites (N-methyl/N-ethyl adjacent to an activating group) is 1. The number of hydrogen-bond acceptors (Lipinski definition) is 3. The molecule has 0 saturated heterocycles. The Bertz CT molecular complexity index is 503. The summed E-state index contributed by atoms with van der Waals surface area (Å²) in [5.74, 6) is -1.21. The van der Waals surface area contributed by atoms with E-state index < -0.39 is 11.8 Å². The molecule has 0 fully saturated rings. The van der Waals surface area contributed by atoms with Gasteiger partial charge in [0.15, 0.2) is 0 Å². The van der Waals surface area contributed by atoms with E-state index in [1.165, 1.54) is 4.90 Å². The molecule has 0 spiro atoms. The van der Waals surface area contributed by atoms with Crippen molar-refractivity contribution in [3.63, 3.8) is 0 Å². The van der Waals surface area contributed by atoms with E-state index in [9.17, 15) is 14.4 Å². The summed E-state index contributed by atoms with van der Waals surface area (Å²) in [5.41, 5.74) is 1.74. The van der Waals surface area contributed by atoms with Gasteiger partial charge < -0.3 is 15.5 Å². The van der Waals surface area contributed by atoms with Crippen LogP contribution in [0.25, 0.3) is 0 Å². The van der Waals surface area contributed by atoms with Crippen LogP contribution in [-0.2, 0) is 14.4 Å². The van der Waals surface area contributed by atoms with Crippen LogP contribution in [0, 0.1) is 6.92 Å². The molecule has 0 radical (unpaired) electrons. The van der Waals surface area contributed by atoms with Crippen molar-refractivity contribution in [2.24, 2.45) is 0 Å². The smallest absolute Gasteiger partial charge is 0.316 e. The van der Waals surface area contributed by atoms with Gasteiger partial charge in [0.05, 0.1) is 0 Å². The summed E-state index contributed by atoms with van der Waals surface area (Å²) < 4.78 is 0. The summed E-state index contributed by atoms with van der Waals surface area (Å²) in [6, 6.07) is 7.45.